The minimum atomic E-state index is -0.0988. The molecule has 2 aromatic rings. The molecular formula is C11H13N5O2. The van der Waals surface area contributed by atoms with Crippen molar-refractivity contribution in [3.8, 4) is 0 Å². The van der Waals surface area contributed by atoms with E-state index in [9.17, 15) is 4.79 Å². The standard InChI is InChI=1S/C11H13N5O2/c1-7-14-10(15-18-7)9-3-2-4-16(9)11(17)8-5-12-6-13-8/h5-6,9H,2-4H2,1H3,(H,12,13)/t9-/m0/s1. The molecule has 1 saturated heterocycles. The number of likely N-dealkylation sites (tertiary alicyclic amines) is 1. The number of aryl methyl sites for hydroxylation is 1. The van der Waals surface area contributed by atoms with Gasteiger partial charge in [0.25, 0.3) is 5.91 Å². The number of amides is 1. The molecule has 7 heteroatoms. The van der Waals surface area contributed by atoms with Crippen LogP contribution in [0.1, 0.15) is 41.1 Å². The van der Waals surface area contributed by atoms with Crippen LogP contribution >= 0.6 is 0 Å². The van der Waals surface area contributed by atoms with Crippen LogP contribution in [0.25, 0.3) is 0 Å². The Hall–Kier alpha value is -2.18. The summed E-state index contributed by atoms with van der Waals surface area (Å²) in [5.74, 6) is 1.03. The fourth-order valence-electron chi connectivity index (χ4n) is 2.26. The van der Waals surface area contributed by atoms with Gasteiger partial charge >= 0.3 is 0 Å². The topological polar surface area (TPSA) is 87.9 Å². The van der Waals surface area contributed by atoms with E-state index in [1.807, 2.05) is 0 Å². The van der Waals surface area contributed by atoms with Crippen molar-refractivity contribution < 1.29 is 9.32 Å². The van der Waals surface area contributed by atoms with Gasteiger partial charge in [0, 0.05) is 13.5 Å². The van der Waals surface area contributed by atoms with E-state index in [1.165, 1.54) is 12.5 Å². The van der Waals surface area contributed by atoms with Crippen LogP contribution in [0.5, 0.6) is 0 Å². The Balaban J connectivity index is 1.85. The van der Waals surface area contributed by atoms with Crippen LogP contribution in [0.2, 0.25) is 0 Å². The molecule has 0 spiro atoms. The van der Waals surface area contributed by atoms with Crippen molar-refractivity contribution in [3.63, 3.8) is 0 Å². The number of carbonyl (C=O) groups excluding carboxylic acids is 1. The number of hydrogen-bond donors (Lipinski definition) is 1. The zero-order chi connectivity index (χ0) is 12.5. The van der Waals surface area contributed by atoms with Crippen molar-refractivity contribution >= 4 is 5.91 Å². The van der Waals surface area contributed by atoms with E-state index in [-0.39, 0.29) is 11.9 Å². The number of rotatable bonds is 2. The predicted molar refractivity (Wildman–Crippen MR) is 60.6 cm³/mol. The van der Waals surface area contributed by atoms with Gasteiger partial charge in [-0.2, -0.15) is 4.98 Å². The molecule has 1 atom stereocenters. The van der Waals surface area contributed by atoms with Crippen molar-refractivity contribution in [1.82, 2.24) is 25.0 Å². The van der Waals surface area contributed by atoms with Crippen LogP contribution in [-0.4, -0.2) is 37.5 Å². The summed E-state index contributed by atoms with van der Waals surface area (Å²) in [5, 5.41) is 3.91. The van der Waals surface area contributed by atoms with Gasteiger partial charge < -0.3 is 14.4 Å². The number of nitrogens with zero attached hydrogens (tertiary/aromatic N) is 4. The zero-order valence-electron chi connectivity index (χ0n) is 9.96. The maximum Gasteiger partial charge on any atom is 0.272 e. The van der Waals surface area contributed by atoms with Gasteiger partial charge in [0.2, 0.25) is 5.89 Å². The molecule has 1 aliphatic rings. The summed E-state index contributed by atoms with van der Waals surface area (Å²) in [7, 11) is 0. The van der Waals surface area contributed by atoms with Gasteiger partial charge in [0.15, 0.2) is 5.82 Å². The lowest BCUT2D eigenvalue weighted by molar-refractivity contribution is 0.0723. The number of aromatic amines is 1. The molecule has 1 fully saturated rings. The summed E-state index contributed by atoms with van der Waals surface area (Å²) in [4.78, 5) is 24.9. The van der Waals surface area contributed by atoms with Crippen molar-refractivity contribution in [2.45, 2.75) is 25.8 Å². The molecule has 1 amide bonds. The molecule has 2 aromatic heterocycles. The van der Waals surface area contributed by atoms with Crippen molar-refractivity contribution in [3.05, 3.63) is 29.9 Å². The van der Waals surface area contributed by atoms with Crippen LogP contribution in [-0.2, 0) is 0 Å². The lowest BCUT2D eigenvalue weighted by Crippen LogP contribution is -2.31. The van der Waals surface area contributed by atoms with E-state index in [0.29, 0.717) is 24.0 Å². The Labute approximate surface area is 103 Å². The molecule has 18 heavy (non-hydrogen) atoms. The molecule has 7 nitrogen and oxygen atoms in total. The molecule has 0 unspecified atom stereocenters. The second-order valence-corrected chi connectivity index (χ2v) is 4.29. The average Bonchev–Trinajstić information content (AvgIpc) is 3.09. The van der Waals surface area contributed by atoms with Gasteiger partial charge in [-0.1, -0.05) is 5.16 Å². The Morgan fingerprint density at radius 1 is 1.61 bits per heavy atom. The largest absolute Gasteiger partial charge is 0.341 e. The van der Waals surface area contributed by atoms with Gasteiger partial charge in [0.1, 0.15) is 5.69 Å². The third-order valence-electron chi connectivity index (χ3n) is 3.08. The minimum Gasteiger partial charge on any atom is -0.341 e. The maximum atomic E-state index is 12.3. The molecule has 3 rings (SSSR count). The first-order chi connectivity index (χ1) is 8.75. The summed E-state index contributed by atoms with van der Waals surface area (Å²) < 4.78 is 4.98. The van der Waals surface area contributed by atoms with E-state index >= 15 is 0 Å². The third kappa shape index (κ3) is 1.77. The second-order valence-electron chi connectivity index (χ2n) is 4.29. The first-order valence-corrected chi connectivity index (χ1v) is 5.85. The zero-order valence-corrected chi connectivity index (χ0v) is 9.96. The number of H-pyrrole nitrogens is 1. The third-order valence-corrected chi connectivity index (χ3v) is 3.08. The smallest absolute Gasteiger partial charge is 0.272 e. The predicted octanol–water partition coefficient (Wildman–Crippen LogP) is 1.08. The summed E-state index contributed by atoms with van der Waals surface area (Å²) in [6.45, 7) is 2.45. The quantitative estimate of drug-likeness (QED) is 0.857. The number of nitrogens with one attached hydrogen (secondary N) is 1. The monoisotopic (exact) mass is 247 g/mol. The molecule has 0 saturated carbocycles. The van der Waals surface area contributed by atoms with Crippen LogP contribution in [0, 0.1) is 6.92 Å². The summed E-state index contributed by atoms with van der Waals surface area (Å²) in [6.07, 6.45) is 4.83. The van der Waals surface area contributed by atoms with Crippen LogP contribution < -0.4 is 0 Å². The fourth-order valence-corrected chi connectivity index (χ4v) is 2.26. The van der Waals surface area contributed by atoms with E-state index in [2.05, 4.69) is 20.1 Å². The highest BCUT2D eigenvalue weighted by Gasteiger charge is 2.34. The average molecular weight is 247 g/mol. The molecule has 0 radical (unpaired) electrons. The van der Waals surface area contributed by atoms with E-state index in [0.717, 1.165) is 12.8 Å². The van der Waals surface area contributed by atoms with Crippen molar-refractivity contribution in [2.75, 3.05) is 6.54 Å². The highest BCUT2D eigenvalue weighted by molar-refractivity contribution is 5.92. The molecule has 0 bridgehead atoms. The van der Waals surface area contributed by atoms with Crippen LogP contribution in [0.3, 0.4) is 0 Å². The Kier molecular flexibility index (Phi) is 2.58. The summed E-state index contributed by atoms with van der Waals surface area (Å²) >= 11 is 0. The van der Waals surface area contributed by atoms with Gasteiger partial charge in [-0.05, 0) is 12.8 Å². The van der Waals surface area contributed by atoms with E-state index < -0.39 is 0 Å². The number of imidazole rings is 1. The highest BCUT2D eigenvalue weighted by atomic mass is 16.5. The first kappa shape index (κ1) is 10.9. The molecule has 0 aliphatic carbocycles. The van der Waals surface area contributed by atoms with E-state index in [4.69, 9.17) is 4.52 Å². The fraction of sp³-hybridized carbons (Fsp3) is 0.455. The molecule has 3 heterocycles. The highest BCUT2D eigenvalue weighted by Crippen LogP contribution is 2.31. The SMILES string of the molecule is Cc1nc([C@@H]2CCCN2C(=O)c2cnc[nH]2)no1. The van der Waals surface area contributed by atoms with Gasteiger partial charge in [-0.25, -0.2) is 4.98 Å². The van der Waals surface area contributed by atoms with Crippen LogP contribution in [0.4, 0.5) is 0 Å². The number of carbonyl (C=O) groups is 1. The number of hydrogen-bond acceptors (Lipinski definition) is 5. The maximum absolute atomic E-state index is 12.3. The molecule has 0 aromatic carbocycles. The second kappa shape index (κ2) is 4.25. The molecule has 94 valence electrons. The summed E-state index contributed by atoms with van der Waals surface area (Å²) in [6, 6.07) is -0.0988. The van der Waals surface area contributed by atoms with Crippen molar-refractivity contribution in [1.29, 1.82) is 0 Å². The van der Waals surface area contributed by atoms with Gasteiger partial charge in [-0.15, -0.1) is 0 Å². The molecule has 1 aliphatic heterocycles. The lowest BCUT2D eigenvalue weighted by Gasteiger charge is -2.21. The lowest BCUT2D eigenvalue weighted by atomic mass is 10.2. The first-order valence-electron chi connectivity index (χ1n) is 5.85. The van der Waals surface area contributed by atoms with Gasteiger partial charge in [0.05, 0.1) is 18.6 Å². The minimum absolute atomic E-state index is 0.0718. The van der Waals surface area contributed by atoms with Crippen LogP contribution in [0.15, 0.2) is 17.0 Å². The van der Waals surface area contributed by atoms with Crippen molar-refractivity contribution in [2.24, 2.45) is 0 Å². The Morgan fingerprint density at radius 2 is 2.50 bits per heavy atom. The van der Waals surface area contributed by atoms with E-state index in [1.54, 1.807) is 11.8 Å². The number of aromatic nitrogens is 4. The molecule has 1 N–H and O–H groups in total. The Bertz CT molecular complexity index is 548. The summed E-state index contributed by atoms with van der Waals surface area (Å²) in [5.41, 5.74) is 0.488. The Morgan fingerprint density at radius 3 is 3.17 bits per heavy atom. The molecular weight excluding hydrogens is 234 g/mol. The normalized spacial score (nSPS) is 19.4. The van der Waals surface area contributed by atoms with Gasteiger partial charge in [-0.3, -0.25) is 4.79 Å².